The van der Waals surface area contributed by atoms with Crippen molar-refractivity contribution in [3.8, 4) is 0 Å². The number of carbonyl (C=O) groups is 1. The number of hydrogen-bond acceptors (Lipinski definition) is 2. The molecule has 0 saturated carbocycles. The van der Waals surface area contributed by atoms with Gasteiger partial charge in [-0.1, -0.05) is 0 Å². The molecule has 2 aromatic rings. The van der Waals surface area contributed by atoms with Gasteiger partial charge in [0.15, 0.2) is 0 Å². The Hall–Kier alpha value is -1.74. The van der Waals surface area contributed by atoms with E-state index in [1.807, 2.05) is 19.1 Å². The van der Waals surface area contributed by atoms with Crippen LogP contribution in [0.1, 0.15) is 30.5 Å². The van der Waals surface area contributed by atoms with Gasteiger partial charge in [0.05, 0.1) is 0 Å². The molecule has 1 aliphatic rings. The Balaban J connectivity index is 1.88. The molecule has 0 spiro atoms. The number of rotatable bonds is 6. The van der Waals surface area contributed by atoms with E-state index in [9.17, 15) is 4.79 Å². The number of amides is 1. The first-order chi connectivity index (χ1) is 11.5. The standard InChI is InChI=1S/C20H21NO2Se/c1-4-23-20(3,24-13-15-7-5-6-14(2)10-15)17-8-9-18-16(11-17)12-19(22)21-18/h5-12H,4,13H2,1-3H3. The van der Waals surface area contributed by atoms with Crippen LogP contribution in [0, 0.1) is 6.92 Å². The van der Waals surface area contributed by atoms with E-state index >= 15 is 0 Å². The number of fused-ring (bicyclic) bond motifs is 1. The second-order valence-corrected chi connectivity index (χ2v) is 8.87. The molecule has 24 heavy (non-hydrogen) atoms. The molecule has 1 amide bonds. The number of hydrogen-bond donors (Lipinski definition) is 0. The van der Waals surface area contributed by atoms with E-state index in [4.69, 9.17) is 4.74 Å². The molecule has 1 aliphatic heterocycles. The van der Waals surface area contributed by atoms with Crippen molar-refractivity contribution in [2.24, 2.45) is 4.99 Å². The third kappa shape index (κ3) is 3.67. The summed E-state index contributed by atoms with van der Waals surface area (Å²) in [4.78, 5) is 15.5. The molecule has 0 N–H and O–H groups in total. The monoisotopic (exact) mass is 387 g/mol. The van der Waals surface area contributed by atoms with Crippen LogP contribution in [0.4, 0.5) is 0 Å². The van der Waals surface area contributed by atoms with Crippen LogP contribution >= 0.6 is 0 Å². The molecule has 1 atom stereocenters. The molecule has 0 bridgehead atoms. The molecule has 1 unspecified atom stereocenters. The summed E-state index contributed by atoms with van der Waals surface area (Å²) in [6.45, 7) is 6.96. The molecule has 0 saturated heterocycles. The van der Waals surface area contributed by atoms with Gasteiger partial charge >= 0.3 is 148 Å². The van der Waals surface area contributed by atoms with Crippen LogP contribution in [-0.2, 0) is 19.4 Å². The third-order valence-corrected chi connectivity index (χ3v) is 6.98. The molecule has 124 valence electrons. The topological polar surface area (TPSA) is 38.7 Å². The van der Waals surface area contributed by atoms with Crippen molar-refractivity contribution >= 4 is 26.9 Å². The van der Waals surface area contributed by atoms with Gasteiger partial charge in [0.1, 0.15) is 0 Å². The van der Waals surface area contributed by atoms with Gasteiger partial charge < -0.3 is 0 Å². The fraction of sp³-hybridized carbons (Fsp3) is 0.300. The van der Waals surface area contributed by atoms with Gasteiger partial charge in [-0.15, -0.1) is 0 Å². The van der Waals surface area contributed by atoms with E-state index in [-0.39, 0.29) is 25.4 Å². The van der Waals surface area contributed by atoms with Gasteiger partial charge in [0, 0.05) is 0 Å². The molecule has 0 radical (unpaired) electrons. The van der Waals surface area contributed by atoms with Crippen LogP contribution in [-0.4, -0.2) is 27.5 Å². The van der Waals surface area contributed by atoms with Crippen molar-refractivity contribution in [3.63, 3.8) is 0 Å². The van der Waals surface area contributed by atoms with Crippen LogP contribution in [0.2, 0.25) is 0 Å². The van der Waals surface area contributed by atoms with E-state index in [1.54, 1.807) is 6.08 Å². The van der Waals surface area contributed by atoms with Crippen LogP contribution in [0.25, 0.3) is 6.08 Å². The van der Waals surface area contributed by atoms with Crippen molar-refractivity contribution in [1.82, 2.24) is 0 Å². The minimum absolute atomic E-state index is 0.175. The van der Waals surface area contributed by atoms with E-state index in [1.165, 1.54) is 11.1 Å². The summed E-state index contributed by atoms with van der Waals surface area (Å²) >= 11 is 0.227. The molecule has 0 aromatic heterocycles. The van der Waals surface area contributed by atoms with Crippen LogP contribution in [0.3, 0.4) is 0 Å². The predicted octanol–water partition coefficient (Wildman–Crippen LogP) is 2.05. The van der Waals surface area contributed by atoms with Gasteiger partial charge in [-0.2, -0.15) is 0 Å². The quantitative estimate of drug-likeness (QED) is 0.713. The van der Waals surface area contributed by atoms with Gasteiger partial charge in [-0.05, 0) is 0 Å². The molecular formula is C20H21NO2Se. The van der Waals surface area contributed by atoms with Gasteiger partial charge in [-0.3, -0.25) is 0 Å². The zero-order chi connectivity index (χ0) is 17.2. The third-order valence-electron chi connectivity index (χ3n) is 4.08. The summed E-state index contributed by atoms with van der Waals surface area (Å²) in [5.41, 5.74) is 3.75. The molecule has 4 heteroatoms. The number of ether oxygens (including phenoxy) is 1. The molecule has 0 aliphatic carbocycles. The maximum absolute atomic E-state index is 11.5. The Morgan fingerprint density at radius 3 is 2.79 bits per heavy atom. The molecule has 2 aromatic carbocycles. The molecular weight excluding hydrogens is 365 g/mol. The number of carbonyl (C=O) groups excluding carboxylic acids is 1. The zero-order valence-corrected chi connectivity index (χ0v) is 15.9. The number of nitrogens with zero attached hydrogens (tertiary/aromatic N) is 1. The Morgan fingerprint density at radius 1 is 1.21 bits per heavy atom. The molecule has 3 rings (SSSR count). The molecule has 0 fully saturated rings. The van der Waals surface area contributed by atoms with E-state index < -0.39 is 0 Å². The van der Waals surface area contributed by atoms with E-state index in [0.717, 1.165) is 21.5 Å². The number of benzene rings is 2. The Kier molecular flexibility index (Phi) is 5.00. The Bertz CT molecular complexity index is 891. The number of aryl methyl sites for hydroxylation is 1. The van der Waals surface area contributed by atoms with Crippen molar-refractivity contribution in [2.75, 3.05) is 6.61 Å². The summed E-state index contributed by atoms with van der Waals surface area (Å²) in [5.74, 6) is -0.175. The summed E-state index contributed by atoms with van der Waals surface area (Å²) in [5, 5.41) is 2.67. The first-order valence-corrected chi connectivity index (χ1v) is 10.2. The van der Waals surface area contributed by atoms with Gasteiger partial charge in [0.25, 0.3) is 0 Å². The van der Waals surface area contributed by atoms with Gasteiger partial charge in [-0.25, -0.2) is 0 Å². The van der Waals surface area contributed by atoms with Crippen molar-refractivity contribution in [3.05, 3.63) is 69.7 Å². The SMILES string of the molecule is CCOC(C)([Se]Cc1cccc(C)c1)c1ccc2c(c1)=CC(=O)N=2. The van der Waals surface area contributed by atoms with Crippen molar-refractivity contribution < 1.29 is 9.53 Å². The van der Waals surface area contributed by atoms with Crippen LogP contribution in [0.15, 0.2) is 47.5 Å². The summed E-state index contributed by atoms with van der Waals surface area (Å²) in [6.07, 6.45) is 1.60. The summed E-state index contributed by atoms with van der Waals surface area (Å²) in [7, 11) is 0. The Labute approximate surface area is 148 Å². The maximum atomic E-state index is 11.5. The van der Waals surface area contributed by atoms with Crippen molar-refractivity contribution in [2.45, 2.75) is 30.6 Å². The van der Waals surface area contributed by atoms with Gasteiger partial charge in [0.2, 0.25) is 0 Å². The van der Waals surface area contributed by atoms with Crippen molar-refractivity contribution in [1.29, 1.82) is 0 Å². The average molecular weight is 386 g/mol. The molecule has 1 heterocycles. The van der Waals surface area contributed by atoms with Crippen LogP contribution < -0.4 is 10.6 Å². The van der Waals surface area contributed by atoms with E-state index in [0.29, 0.717) is 6.61 Å². The zero-order valence-electron chi connectivity index (χ0n) is 14.2. The molecule has 3 nitrogen and oxygen atoms in total. The average Bonchev–Trinajstić information content (AvgIpc) is 2.92. The minimum atomic E-state index is -0.319. The first-order valence-electron chi connectivity index (χ1n) is 8.08. The summed E-state index contributed by atoms with van der Waals surface area (Å²) in [6, 6.07) is 14.7. The fourth-order valence-electron chi connectivity index (χ4n) is 2.85. The van der Waals surface area contributed by atoms with Crippen LogP contribution in [0.5, 0.6) is 0 Å². The second kappa shape index (κ2) is 7.02. The van der Waals surface area contributed by atoms with E-state index in [2.05, 4.69) is 49.2 Å². The predicted molar refractivity (Wildman–Crippen MR) is 96.3 cm³/mol. The normalized spacial score (nSPS) is 15.4. The Morgan fingerprint density at radius 2 is 2.04 bits per heavy atom. The fourth-order valence-corrected chi connectivity index (χ4v) is 5.19. The second-order valence-electron chi connectivity index (χ2n) is 6.02. The first kappa shape index (κ1) is 17.1. The summed E-state index contributed by atoms with van der Waals surface area (Å²) < 4.78 is 5.83.